The molecular weight excluding hydrogens is 338 g/mol. The number of hydrogen-bond donors (Lipinski definition) is 2. The zero-order valence-electron chi connectivity index (χ0n) is 15.3. The number of amides is 1. The average molecular weight is 368 g/mol. The maximum absolute atomic E-state index is 12.9. The Kier molecular flexibility index (Phi) is 6.98. The summed E-state index contributed by atoms with van der Waals surface area (Å²) in [6.45, 7) is 6.36. The molecule has 1 aliphatic heterocycles. The number of piperidine rings is 1. The largest absolute Gasteiger partial charge is 0.339 e. The van der Waals surface area contributed by atoms with Gasteiger partial charge in [-0.05, 0) is 63.4 Å². The molecule has 1 saturated heterocycles. The van der Waals surface area contributed by atoms with E-state index in [1.165, 1.54) is 6.07 Å². The summed E-state index contributed by atoms with van der Waals surface area (Å²) >= 11 is 0. The zero-order valence-corrected chi connectivity index (χ0v) is 16.2. The smallest absolute Gasteiger partial charge is 0.254 e. The maximum Gasteiger partial charge on any atom is 0.254 e. The molecule has 0 atom stereocenters. The van der Waals surface area contributed by atoms with Crippen molar-refractivity contribution >= 4 is 15.9 Å². The molecule has 0 bridgehead atoms. The van der Waals surface area contributed by atoms with Gasteiger partial charge in [-0.25, -0.2) is 13.1 Å². The average Bonchev–Trinajstić information content (AvgIpc) is 2.60. The van der Waals surface area contributed by atoms with Crippen molar-refractivity contribution in [2.75, 3.05) is 33.2 Å². The molecule has 2 N–H and O–H groups in total. The Labute approximate surface area is 151 Å². The van der Waals surface area contributed by atoms with Crippen molar-refractivity contribution in [2.24, 2.45) is 5.92 Å². The van der Waals surface area contributed by atoms with Crippen LogP contribution in [0.3, 0.4) is 0 Å². The minimum absolute atomic E-state index is 0.0712. The Morgan fingerprint density at radius 3 is 2.56 bits per heavy atom. The molecule has 1 amide bonds. The van der Waals surface area contributed by atoms with Gasteiger partial charge in [-0.2, -0.15) is 0 Å². The van der Waals surface area contributed by atoms with Crippen LogP contribution in [0, 0.1) is 12.8 Å². The van der Waals surface area contributed by atoms with Crippen LogP contribution in [-0.2, 0) is 10.0 Å². The van der Waals surface area contributed by atoms with E-state index in [0.29, 0.717) is 18.0 Å². The summed E-state index contributed by atoms with van der Waals surface area (Å²) in [5.41, 5.74) is 1.28. The molecule has 25 heavy (non-hydrogen) atoms. The number of sulfonamides is 1. The van der Waals surface area contributed by atoms with Crippen molar-refractivity contribution in [3.8, 4) is 0 Å². The number of nitrogens with zero attached hydrogens (tertiary/aromatic N) is 1. The van der Waals surface area contributed by atoms with Gasteiger partial charge in [0.25, 0.3) is 5.91 Å². The fourth-order valence-corrected chi connectivity index (χ4v) is 4.28. The van der Waals surface area contributed by atoms with Crippen LogP contribution in [0.4, 0.5) is 0 Å². The topological polar surface area (TPSA) is 78.5 Å². The second-order valence-corrected chi connectivity index (χ2v) is 8.37. The monoisotopic (exact) mass is 367 g/mol. The fraction of sp³-hybridized carbons (Fsp3) is 0.611. The Bertz CT molecular complexity index is 696. The van der Waals surface area contributed by atoms with Crippen LogP contribution in [0.5, 0.6) is 0 Å². The molecule has 0 radical (unpaired) electrons. The lowest BCUT2D eigenvalue weighted by Crippen LogP contribution is -2.39. The van der Waals surface area contributed by atoms with Gasteiger partial charge in [0.2, 0.25) is 10.0 Å². The van der Waals surface area contributed by atoms with Gasteiger partial charge < -0.3 is 10.2 Å². The van der Waals surface area contributed by atoms with E-state index in [4.69, 9.17) is 0 Å². The Balaban J connectivity index is 2.12. The maximum atomic E-state index is 12.9. The first-order valence-electron chi connectivity index (χ1n) is 8.93. The van der Waals surface area contributed by atoms with Crippen molar-refractivity contribution in [3.05, 3.63) is 29.3 Å². The third kappa shape index (κ3) is 5.03. The van der Waals surface area contributed by atoms with E-state index in [2.05, 4.69) is 10.0 Å². The van der Waals surface area contributed by atoms with E-state index in [-0.39, 0.29) is 10.8 Å². The summed E-state index contributed by atoms with van der Waals surface area (Å²) in [4.78, 5) is 14.9. The van der Waals surface area contributed by atoms with Crippen molar-refractivity contribution in [1.29, 1.82) is 0 Å². The first kappa shape index (κ1) is 19.9. The number of likely N-dealkylation sites (tertiary alicyclic amines) is 1. The molecule has 0 unspecified atom stereocenters. The quantitative estimate of drug-likeness (QED) is 0.770. The van der Waals surface area contributed by atoms with Crippen molar-refractivity contribution < 1.29 is 13.2 Å². The number of carbonyl (C=O) groups excluding carboxylic acids is 1. The molecule has 140 valence electrons. The van der Waals surface area contributed by atoms with Gasteiger partial charge in [-0.3, -0.25) is 4.79 Å². The van der Waals surface area contributed by atoms with Gasteiger partial charge in [-0.1, -0.05) is 13.0 Å². The van der Waals surface area contributed by atoms with Gasteiger partial charge in [-0.15, -0.1) is 0 Å². The SMILES string of the molecule is CCNS(=O)(=O)c1ccc(C)c(C(=O)N2CCC(CCNC)CC2)c1. The molecule has 1 aromatic carbocycles. The molecule has 1 aliphatic rings. The molecule has 1 heterocycles. The summed E-state index contributed by atoms with van der Waals surface area (Å²) in [7, 11) is -1.61. The summed E-state index contributed by atoms with van der Waals surface area (Å²) < 4.78 is 26.9. The van der Waals surface area contributed by atoms with Crippen molar-refractivity contribution in [1.82, 2.24) is 14.9 Å². The minimum Gasteiger partial charge on any atom is -0.339 e. The Morgan fingerprint density at radius 1 is 1.28 bits per heavy atom. The van der Waals surface area contributed by atoms with Gasteiger partial charge >= 0.3 is 0 Å². The summed E-state index contributed by atoms with van der Waals surface area (Å²) in [5, 5.41) is 3.17. The minimum atomic E-state index is -3.56. The second-order valence-electron chi connectivity index (χ2n) is 6.61. The van der Waals surface area contributed by atoms with E-state index in [1.54, 1.807) is 19.1 Å². The standard InChI is InChI=1S/C18H29N3O3S/c1-4-20-25(23,24)16-6-5-14(2)17(13-16)18(22)21-11-8-15(9-12-21)7-10-19-3/h5-6,13,15,19-20H,4,7-12H2,1-3H3. The number of aryl methyl sites for hydroxylation is 1. The lowest BCUT2D eigenvalue weighted by molar-refractivity contribution is 0.0686. The van der Waals surface area contributed by atoms with Crippen LogP contribution in [0.25, 0.3) is 0 Å². The number of hydrogen-bond acceptors (Lipinski definition) is 4. The predicted octanol–water partition coefficient (Wildman–Crippen LogP) is 1.75. The zero-order chi connectivity index (χ0) is 18.4. The van der Waals surface area contributed by atoms with E-state index >= 15 is 0 Å². The van der Waals surface area contributed by atoms with Crippen LogP contribution in [-0.4, -0.2) is 52.5 Å². The van der Waals surface area contributed by atoms with Crippen molar-refractivity contribution in [3.63, 3.8) is 0 Å². The molecule has 1 fully saturated rings. The predicted molar refractivity (Wildman–Crippen MR) is 99.2 cm³/mol. The van der Waals surface area contributed by atoms with Crippen LogP contribution in [0.1, 0.15) is 42.1 Å². The van der Waals surface area contributed by atoms with E-state index < -0.39 is 10.0 Å². The molecule has 6 nitrogen and oxygen atoms in total. The first-order chi connectivity index (χ1) is 11.9. The molecule has 0 spiro atoms. The highest BCUT2D eigenvalue weighted by Gasteiger charge is 2.25. The van der Waals surface area contributed by atoms with E-state index in [9.17, 15) is 13.2 Å². The van der Waals surface area contributed by atoms with Gasteiger partial charge in [0.1, 0.15) is 0 Å². The molecule has 1 aromatic rings. The number of rotatable bonds is 7. The molecule has 0 aromatic heterocycles. The Morgan fingerprint density at radius 2 is 1.96 bits per heavy atom. The molecule has 0 aliphatic carbocycles. The highest BCUT2D eigenvalue weighted by molar-refractivity contribution is 7.89. The molecular formula is C18H29N3O3S. The number of benzene rings is 1. The van der Waals surface area contributed by atoms with Gasteiger partial charge in [0.05, 0.1) is 4.90 Å². The summed E-state index contributed by atoms with van der Waals surface area (Å²) in [5.74, 6) is 0.580. The molecule has 0 saturated carbocycles. The normalized spacial score (nSPS) is 16.2. The van der Waals surface area contributed by atoms with Gasteiger partial charge in [0.15, 0.2) is 0 Å². The first-order valence-corrected chi connectivity index (χ1v) is 10.4. The fourth-order valence-electron chi connectivity index (χ4n) is 3.22. The highest BCUT2D eigenvalue weighted by Crippen LogP contribution is 2.23. The van der Waals surface area contributed by atoms with Crippen LogP contribution in [0.2, 0.25) is 0 Å². The van der Waals surface area contributed by atoms with Crippen LogP contribution in [0.15, 0.2) is 23.1 Å². The van der Waals surface area contributed by atoms with E-state index in [1.807, 2.05) is 18.9 Å². The van der Waals surface area contributed by atoms with Gasteiger partial charge in [0, 0.05) is 25.2 Å². The lowest BCUT2D eigenvalue weighted by atomic mass is 9.93. The Hall–Kier alpha value is -1.44. The van der Waals surface area contributed by atoms with Crippen molar-refractivity contribution in [2.45, 2.75) is 38.0 Å². The third-order valence-corrected chi connectivity index (χ3v) is 6.33. The molecule has 2 rings (SSSR count). The summed E-state index contributed by atoms with van der Waals surface area (Å²) in [6.07, 6.45) is 3.14. The molecule has 7 heteroatoms. The highest BCUT2D eigenvalue weighted by atomic mass is 32.2. The van der Waals surface area contributed by atoms with Crippen LogP contribution >= 0.6 is 0 Å². The third-order valence-electron chi connectivity index (χ3n) is 4.79. The second kappa shape index (κ2) is 8.78. The number of carbonyl (C=O) groups is 1. The number of nitrogens with one attached hydrogen (secondary N) is 2. The van der Waals surface area contributed by atoms with E-state index in [0.717, 1.165) is 44.5 Å². The van der Waals surface area contributed by atoms with Crippen LogP contribution < -0.4 is 10.0 Å². The summed E-state index contributed by atoms with van der Waals surface area (Å²) in [6, 6.07) is 4.76. The lowest BCUT2D eigenvalue weighted by Gasteiger charge is -2.32.